The first kappa shape index (κ1) is 9.52. The summed E-state index contributed by atoms with van der Waals surface area (Å²) in [7, 11) is 0. The quantitative estimate of drug-likeness (QED) is 0.679. The van der Waals surface area contributed by atoms with Gasteiger partial charge in [0.15, 0.2) is 0 Å². The van der Waals surface area contributed by atoms with Crippen molar-refractivity contribution in [3.05, 3.63) is 35.1 Å². The molecule has 0 unspecified atom stereocenters. The Morgan fingerprint density at radius 3 is 2.86 bits per heavy atom. The normalized spacial score (nSPS) is 19.9. The van der Waals surface area contributed by atoms with Crippen LogP contribution in [0.15, 0.2) is 18.2 Å². The highest BCUT2D eigenvalue weighted by atomic mass is 19.3. The minimum Gasteiger partial charge on any atom is -0.312 e. The first-order chi connectivity index (χ1) is 6.61. The van der Waals surface area contributed by atoms with Crippen molar-refractivity contribution in [2.24, 2.45) is 0 Å². The molecule has 0 saturated carbocycles. The van der Waals surface area contributed by atoms with Crippen LogP contribution in [0.5, 0.6) is 0 Å². The first-order valence-corrected chi connectivity index (χ1v) is 4.48. The molecule has 76 valence electrons. The molecule has 14 heavy (non-hydrogen) atoms. The van der Waals surface area contributed by atoms with E-state index in [2.05, 4.69) is 5.32 Å². The smallest absolute Gasteiger partial charge is 0.277 e. The van der Waals surface area contributed by atoms with Gasteiger partial charge in [-0.15, -0.1) is 0 Å². The van der Waals surface area contributed by atoms with Crippen LogP contribution in [0.3, 0.4) is 0 Å². The van der Waals surface area contributed by atoms with Crippen LogP contribution in [0, 0.1) is 5.82 Å². The molecular formula is C10H10F3N. The number of benzene rings is 1. The van der Waals surface area contributed by atoms with Gasteiger partial charge in [0, 0.05) is 19.5 Å². The Morgan fingerprint density at radius 1 is 1.29 bits per heavy atom. The van der Waals surface area contributed by atoms with E-state index in [0.717, 1.165) is 6.07 Å². The molecule has 1 aliphatic rings. The van der Waals surface area contributed by atoms with Crippen LogP contribution < -0.4 is 5.32 Å². The third kappa shape index (κ3) is 1.50. The molecule has 1 aromatic carbocycles. The van der Waals surface area contributed by atoms with Gasteiger partial charge in [-0.3, -0.25) is 0 Å². The summed E-state index contributed by atoms with van der Waals surface area (Å²) in [5, 5.41) is 2.84. The number of hydrogen-bond donors (Lipinski definition) is 1. The molecule has 0 atom stereocenters. The predicted octanol–water partition coefficient (Wildman–Crippen LogP) is 2.41. The Balaban J connectivity index is 2.58. The summed E-state index contributed by atoms with van der Waals surface area (Å²) in [5.41, 5.74) is -0.0856. The molecule has 1 aliphatic heterocycles. The van der Waals surface area contributed by atoms with Crippen LogP contribution in [0.2, 0.25) is 0 Å². The van der Waals surface area contributed by atoms with Gasteiger partial charge in [-0.2, -0.15) is 0 Å². The maximum Gasteiger partial charge on any atom is 0.277 e. The molecule has 1 aromatic rings. The Labute approximate surface area is 79.9 Å². The molecule has 1 heterocycles. The van der Waals surface area contributed by atoms with Crippen molar-refractivity contribution in [1.82, 2.24) is 5.32 Å². The lowest BCUT2D eigenvalue weighted by Gasteiger charge is -2.16. The fraction of sp³-hybridized carbons (Fsp3) is 0.400. The SMILES string of the molecule is Fc1cccc2c1C(F)(F)CCNC2. The fourth-order valence-electron chi connectivity index (χ4n) is 1.72. The summed E-state index contributed by atoms with van der Waals surface area (Å²) in [5.74, 6) is -3.86. The van der Waals surface area contributed by atoms with Crippen molar-refractivity contribution in [2.75, 3.05) is 6.54 Å². The molecule has 1 nitrogen and oxygen atoms in total. The van der Waals surface area contributed by atoms with Crippen LogP contribution in [0.4, 0.5) is 13.2 Å². The van der Waals surface area contributed by atoms with Gasteiger partial charge in [-0.25, -0.2) is 13.2 Å². The van der Waals surface area contributed by atoms with Gasteiger partial charge in [0.05, 0.1) is 5.56 Å². The Morgan fingerprint density at radius 2 is 2.07 bits per heavy atom. The predicted molar refractivity (Wildman–Crippen MR) is 46.6 cm³/mol. The average molecular weight is 201 g/mol. The molecule has 0 aliphatic carbocycles. The minimum absolute atomic E-state index is 0.209. The van der Waals surface area contributed by atoms with Gasteiger partial charge in [-0.05, 0) is 11.6 Å². The summed E-state index contributed by atoms with van der Waals surface area (Å²) >= 11 is 0. The lowest BCUT2D eigenvalue weighted by atomic mass is 10.0. The van der Waals surface area contributed by atoms with Crippen molar-refractivity contribution in [2.45, 2.75) is 18.9 Å². The van der Waals surface area contributed by atoms with E-state index >= 15 is 0 Å². The second-order valence-corrected chi connectivity index (χ2v) is 3.41. The zero-order valence-electron chi connectivity index (χ0n) is 7.49. The molecule has 0 bridgehead atoms. The number of rotatable bonds is 0. The van der Waals surface area contributed by atoms with Crippen molar-refractivity contribution >= 4 is 0 Å². The van der Waals surface area contributed by atoms with Crippen molar-refractivity contribution in [3.8, 4) is 0 Å². The highest BCUT2D eigenvalue weighted by Crippen LogP contribution is 2.36. The summed E-state index contributed by atoms with van der Waals surface area (Å²) in [6.45, 7) is 0.518. The maximum atomic E-state index is 13.4. The van der Waals surface area contributed by atoms with Gasteiger partial charge in [-0.1, -0.05) is 12.1 Å². The molecule has 0 radical (unpaired) electrons. The summed E-state index contributed by atoms with van der Waals surface area (Å²) in [4.78, 5) is 0. The zero-order valence-corrected chi connectivity index (χ0v) is 7.49. The fourth-order valence-corrected chi connectivity index (χ4v) is 1.72. The minimum atomic E-state index is -3.05. The second-order valence-electron chi connectivity index (χ2n) is 3.41. The standard InChI is InChI=1S/C10H10F3N/c11-8-3-1-2-7-6-14-5-4-10(12,13)9(7)8/h1-3,14H,4-6H2. The first-order valence-electron chi connectivity index (χ1n) is 4.48. The van der Waals surface area contributed by atoms with Gasteiger partial charge in [0.25, 0.3) is 5.92 Å². The van der Waals surface area contributed by atoms with Crippen LogP contribution in [-0.2, 0) is 12.5 Å². The van der Waals surface area contributed by atoms with Gasteiger partial charge in [0.1, 0.15) is 5.82 Å². The monoisotopic (exact) mass is 201 g/mol. The van der Waals surface area contributed by atoms with E-state index in [1.807, 2.05) is 0 Å². The molecule has 0 amide bonds. The highest BCUT2D eigenvalue weighted by molar-refractivity contribution is 5.33. The van der Waals surface area contributed by atoms with Crippen molar-refractivity contribution in [1.29, 1.82) is 0 Å². The molecule has 0 spiro atoms. The van der Waals surface area contributed by atoms with E-state index in [9.17, 15) is 13.2 Å². The van der Waals surface area contributed by atoms with Crippen molar-refractivity contribution < 1.29 is 13.2 Å². The van der Waals surface area contributed by atoms with Crippen LogP contribution in [-0.4, -0.2) is 6.54 Å². The maximum absolute atomic E-state index is 13.4. The largest absolute Gasteiger partial charge is 0.312 e. The van der Waals surface area contributed by atoms with E-state index in [-0.39, 0.29) is 13.0 Å². The number of nitrogens with one attached hydrogen (secondary N) is 1. The van der Waals surface area contributed by atoms with Gasteiger partial charge in [0.2, 0.25) is 0 Å². The molecule has 4 heteroatoms. The zero-order chi connectivity index (χ0) is 10.2. The van der Waals surface area contributed by atoms with E-state index < -0.39 is 17.3 Å². The van der Waals surface area contributed by atoms with E-state index in [4.69, 9.17) is 0 Å². The number of halogens is 3. The van der Waals surface area contributed by atoms with Gasteiger partial charge >= 0.3 is 0 Å². The van der Waals surface area contributed by atoms with E-state index in [1.165, 1.54) is 12.1 Å². The molecule has 0 fully saturated rings. The molecule has 2 rings (SSSR count). The number of fused-ring (bicyclic) bond motifs is 1. The molecule has 0 aromatic heterocycles. The van der Waals surface area contributed by atoms with Crippen LogP contribution in [0.1, 0.15) is 17.5 Å². The Hall–Kier alpha value is -1.03. The topological polar surface area (TPSA) is 12.0 Å². The third-order valence-electron chi connectivity index (χ3n) is 2.40. The molecular weight excluding hydrogens is 191 g/mol. The van der Waals surface area contributed by atoms with E-state index in [1.54, 1.807) is 0 Å². The van der Waals surface area contributed by atoms with E-state index in [0.29, 0.717) is 12.1 Å². The summed E-state index contributed by atoms with van der Waals surface area (Å²) < 4.78 is 40.1. The average Bonchev–Trinajstić information content (AvgIpc) is 2.25. The lowest BCUT2D eigenvalue weighted by Crippen LogP contribution is -2.18. The second kappa shape index (κ2) is 3.28. The Kier molecular flexibility index (Phi) is 2.23. The highest BCUT2D eigenvalue weighted by Gasteiger charge is 2.37. The van der Waals surface area contributed by atoms with Crippen LogP contribution in [0.25, 0.3) is 0 Å². The molecule has 0 saturated heterocycles. The Bertz CT molecular complexity index is 349. The summed E-state index contributed by atoms with van der Waals surface area (Å²) in [6.07, 6.45) is -0.346. The number of alkyl halides is 2. The van der Waals surface area contributed by atoms with Gasteiger partial charge < -0.3 is 5.32 Å². The lowest BCUT2D eigenvalue weighted by molar-refractivity contribution is -0.0140. The van der Waals surface area contributed by atoms with Crippen molar-refractivity contribution in [3.63, 3.8) is 0 Å². The molecule has 1 N–H and O–H groups in total. The van der Waals surface area contributed by atoms with Crippen LogP contribution >= 0.6 is 0 Å². The summed E-state index contributed by atoms with van der Waals surface area (Å²) in [6, 6.07) is 4.07. The number of hydrogen-bond acceptors (Lipinski definition) is 1. The third-order valence-corrected chi connectivity index (χ3v) is 2.40.